The Morgan fingerprint density at radius 2 is 1.84 bits per heavy atom. The first-order chi connectivity index (χ1) is 8.75. The van der Waals surface area contributed by atoms with Crippen molar-refractivity contribution in [3.05, 3.63) is 35.6 Å². The fourth-order valence-corrected chi connectivity index (χ4v) is 3.25. The van der Waals surface area contributed by atoms with Gasteiger partial charge in [0.15, 0.2) is 0 Å². The largest absolute Gasteiger partial charge is 0.314 e. The molecular weight excluding hydrogens is 237 g/mol. The molecule has 1 aromatic carbocycles. The van der Waals surface area contributed by atoms with Crippen molar-refractivity contribution in [2.45, 2.75) is 47.1 Å². The molecule has 0 radical (unpaired) electrons. The fraction of sp³-hybridized carbons (Fsp3) is 0.647. The van der Waals surface area contributed by atoms with Crippen molar-refractivity contribution >= 4 is 0 Å². The molecule has 1 aromatic rings. The van der Waals surface area contributed by atoms with Gasteiger partial charge in [-0.3, -0.25) is 0 Å². The van der Waals surface area contributed by atoms with Crippen molar-refractivity contribution in [2.24, 2.45) is 16.7 Å². The predicted molar refractivity (Wildman–Crippen MR) is 78.6 cm³/mol. The Balaban J connectivity index is 1.82. The van der Waals surface area contributed by atoms with Crippen molar-refractivity contribution in [3.63, 3.8) is 0 Å². The molecule has 0 spiro atoms. The second-order valence-corrected chi connectivity index (χ2v) is 7.14. The summed E-state index contributed by atoms with van der Waals surface area (Å²) in [6.45, 7) is 12.6. The smallest absolute Gasteiger partial charge is 0.123 e. The van der Waals surface area contributed by atoms with E-state index >= 15 is 0 Å². The number of nitrogens with one attached hydrogen (secondary N) is 1. The Hall–Kier alpha value is -0.890. The van der Waals surface area contributed by atoms with E-state index in [-0.39, 0.29) is 5.82 Å². The maximum Gasteiger partial charge on any atom is 0.123 e. The molecule has 2 rings (SSSR count). The summed E-state index contributed by atoms with van der Waals surface area (Å²) in [5.74, 6) is 0.587. The molecule has 0 aromatic heterocycles. The maximum absolute atomic E-state index is 13.1. The first-order valence-corrected chi connectivity index (χ1v) is 7.23. The van der Waals surface area contributed by atoms with Crippen molar-refractivity contribution in [1.29, 1.82) is 0 Å². The van der Waals surface area contributed by atoms with Crippen LogP contribution in [0.15, 0.2) is 24.3 Å². The standard InChI is InChI=1S/C17H26FN/c1-12(9-13-7-6-8-14(18)10-13)19-11-15-16(2,3)17(15,4)5/h6-8,10,12,15,19H,9,11H2,1-5H3. The highest BCUT2D eigenvalue weighted by atomic mass is 19.1. The fourth-order valence-electron chi connectivity index (χ4n) is 3.25. The van der Waals surface area contributed by atoms with Crippen LogP contribution in [0.2, 0.25) is 0 Å². The highest BCUT2D eigenvalue weighted by Gasteiger charge is 2.63. The quantitative estimate of drug-likeness (QED) is 0.845. The summed E-state index contributed by atoms with van der Waals surface area (Å²) in [6.07, 6.45) is 0.880. The van der Waals surface area contributed by atoms with Gasteiger partial charge < -0.3 is 5.32 Å². The van der Waals surface area contributed by atoms with Gasteiger partial charge in [-0.05, 0) is 54.3 Å². The second-order valence-electron chi connectivity index (χ2n) is 7.14. The number of hydrogen-bond donors (Lipinski definition) is 1. The molecule has 1 N–H and O–H groups in total. The average molecular weight is 263 g/mol. The lowest BCUT2D eigenvalue weighted by Crippen LogP contribution is -2.31. The molecule has 1 atom stereocenters. The molecule has 0 heterocycles. The third-order valence-electron chi connectivity index (χ3n) is 5.42. The molecule has 0 amide bonds. The van der Waals surface area contributed by atoms with Crippen LogP contribution in [-0.2, 0) is 6.42 Å². The Kier molecular flexibility index (Phi) is 3.74. The molecule has 106 valence electrons. The van der Waals surface area contributed by atoms with E-state index < -0.39 is 0 Å². The maximum atomic E-state index is 13.1. The van der Waals surface area contributed by atoms with Gasteiger partial charge in [0.25, 0.3) is 0 Å². The van der Waals surface area contributed by atoms with Crippen LogP contribution >= 0.6 is 0 Å². The zero-order chi connectivity index (χ0) is 14.3. The van der Waals surface area contributed by atoms with E-state index in [2.05, 4.69) is 39.9 Å². The third-order valence-corrected chi connectivity index (χ3v) is 5.42. The van der Waals surface area contributed by atoms with Gasteiger partial charge in [-0.15, -0.1) is 0 Å². The normalized spacial score (nSPS) is 22.2. The minimum Gasteiger partial charge on any atom is -0.314 e. The topological polar surface area (TPSA) is 12.0 Å². The first-order valence-electron chi connectivity index (χ1n) is 7.23. The minimum atomic E-state index is -0.144. The summed E-state index contributed by atoms with van der Waals surface area (Å²) in [5.41, 5.74) is 1.92. The van der Waals surface area contributed by atoms with Crippen LogP contribution in [0, 0.1) is 22.6 Å². The second kappa shape index (κ2) is 4.90. The molecule has 1 aliphatic carbocycles. The summed E-state index contributed by atoms with van der Waals surface area (Å²) < 4.78 is 13.1. The van der Waals surface area contributed by atoms with Gasteiger partial charge in [-0.25, -0.2) is 4.39 Å². The van der Waals surface area contributed by atoms with Gasteiger partial charge >= 0.3 is 0 Å². The lowest BCUT2D eigenvalue weighted by Gasteiger charge is -2.15. The Morgan fingerprint density at radius 1 is 1.21 bits per heavy atom. The summed E-state index contributed by atoms with van der Waals surface area (Å²) in [7, 11) is 0. The van der Waals surface area contributed by atoms with E-state index in [0.717, 1.165) is 24.4 Å². The van der Waals surface area contributed by atoms with E-state index in [1.54, 1.807) is 12.1 Å². The molecule has 0 aliphatic heterocycles. The van der Waals surface area contributed by atoms with Crippen LogP contribution < -0.4 is 5.32 Å². The lowest BCUT2D eigenvalue weighted by atomic mass is 10.0. The summed E-state index contributed by atoms with van der Waals surface area (Å²) in [5, 5.41) is 3.60. The molecule has 1 aliphatic rings. The molecule has 1 fully saturated rings. The molecule has 1 nitrogen and oxygen atoms in total. The lowest BCUT2D eigenvalue weighted by molar-refractivity contribution is 0.457. The van der Waals surface area contributed by atoms with Gasteiger partial charge in [0.2, 0.25) is 0 Å². The van der Waals surface area contributed by atoms with Crippen LogP contribution in [0.25, 0.3) is 0 Å². The Morgan fingerprint density at radius 3 is 2.37 bits per heavy atom. The molecule has 1 unspecified atom stereocenters. The van der Waals surface area contributed by atoms with Crippen LogP contribution in [0.1, 0.15) is 40.2 Å². The number of halogens is 1. The Bertz CT molecular complexity index is 436. The summed E-state index contributed by atoms with van der Waals surface area (Å²) in [4.78, 5) is 0. The van der Waals surface area contributed by atoms with E-state index in [9.17, 15) is 4.39 Å². The van der Waals surface area contributed by atoms with E-state index in [1.807, 2.05) is 6.07 Å². The molecule has 19 heavy (non-hydrogen) atoms. The van der Waals surface area contributed by atoms with Gasteiger partial charge in [0.05, 0.1) is 0 Å². The molecule has 0 bridgehead atoms. The van der Waals surface area contributed by atoms with Crippen molar-refractivity contribution < 1.29 is 4.39 Å². The van der Waals surface area contributed by atoms with Crippen LogP contribution in [0.3, 0.4) is 0 Å². The zero-order valence-corrected chi connectivity index (χ0v) is 12.8. The molecular formula is C17H26FN. The van der Waals surface area contributed by atoms with Crippen molar-refractivity contribution in [2.75, 3.05) is 6.54 Å². The van der Waals surface area contributed by atoms with Crippen molar-refractivity contribution in [3.8, 4) is 0 Å². The highest BCUT2D eigenvalue weighted by molar-refractivity contribution is 5.17. The predicted octanol–water partition coefficient (Wildman–Crippen LogP) is 4.03. The van der Waals surface area contributed by atoms with Gasteiger partial charge in [-0.2, -0.15) is 0 Å². The van der Waals surface area contributed by atoms with E-state index in [0.29, 0.717) is 16.9 Å². The van der Waals surface area contributed by atoms with E-state index in [1.165, 1.54) is 6.07 Å². The highest BCUT2D eigenvalue weighted by Crippen LogP contribution is 2.67. The first kappa shape index (κ1) is 14.5. The van der Waals surface area contributed by atoms with Gasteiger partial charge in [0.1, 0.15) is 5.82 Å². The van der Waals surface area contributed by atoms with E-state index in [4.69, 9.17) is 0 Å². The Labute approximate surface area is 116 Å². The van der Waals surface area contributed by atoms with Crippen LogP contribution in [-0.4, -0.2) is 12.6 Å². The monoisotopic (exact) mass is 263 g/mol. The number of rotatable bonds is 5. The van der Waals surface area contributed by atoms with Gasteiger partial charge in [0, 0.05) is 6.04 Å². The molecule has 0 saturated heterocycles. The minimum absolute atomic E-state index is 0.144. The number of benzene rings is 1. The SMILES string of the molecule is CC(Cc1cccc(F)c1)NCC1C(C)(C)C1(C)C. The van der Waals surface area contributed by atoms with Crippen LogP contribution in [0.5, 0.6) is 0 Å². The summed E-state index contributed by atoms with van der Waals surface area (Å²) in [6, 6.07) is 7.28. The van der Waals surface area contributed by atoms with Crippen LogP contribution in [0.4, 0.5) is 4.39 Å². The third kappa shape index (κ3) is 2.84. The molecule has 2 heteroatoms. The number of hydrogen-bond acceptors (Lipinski definition) is 1. The van der Waals surface area contributed by atoms with Crippen molar-refractivity contribution in [1.82, 2.24) is 5.32 Å². The zero-order valence-electron chi connectivity index (χ0n) is 12.8. The molecule has 1 saturated carbocycles. The average Bonchev–Trinajstić information content (AvgIpc) is 2.66. The summed E-state index contributed by atoms with van der Waals surface area (Å²) >= 11 is 0. The van der Waals surface area contributed by atoms with Gasteiger partial charge in [-0.1, -0.05) is 39.8 Å².